The minimum atomic E-state index is -0.175. The Morgan fingerprint density at radius 1 is 1.38 bits per heavy atom. The van der Waals surface area contributed by atoms with Gasteiger partial charge in [-0.3, -0.25) is 4.79 Å². The van der Waals surface area contributed by atoms with E-state index in [-0.39, 0.29) is 24.1 Å². The molecule has 16 heavy (non-hydrogen) atoms. The van der Waals surface area contributed by atoms with E-state index >= 15 is 0 Å². The van der Waals surface area contributed by atoms with Crippen LogP contribution in [0.1, 0.15) is 46.0 Å². The highest BCUT2D eigenvalue weighted by atomic mass is 16.3. The van der Waals surface area contributed by atoms with Gasteiger partial charge in [-0.05, 0) is 31.6 Å². The SMILES string of the molecule is CC(C)C(N)CC(=O)NC1CCC(O)CC1. The lowest BCUT2D eigenvalue weighted by molar-refractivity contribution is -0.122. The summed E-state index contributed by atoms with van der Waals surface area (Å²) in [5, 5.41) is 12.3. The van der Waals surface area contributed by atoms with Crippen molar-refractivity contribution < 1.29 is 9.90 Å². The first kappa shape index (κ1) is 13.5. The summed E-state index contributed by atoms with van der Waals surface area (Å²) >= 11 is 0. The molecule has 4 N–H and O–H groups in total. The van der Waals surface area contributed by atoms with E-state index in [4.69, 9.17) is 5.73 Å². The lowest BCUT2D eigenvalue weighted by Gasteiger charge is -2.27. The smallest absolute Gasteiger partial charge is 0.221 e. The first-order valence-electron chi connectivity index (χ1n) is 6.22. The first-order chi connectivity index (χ1) is 7.49. The molecule has 0 aromatic carbocycles. The van der Waals surface area contributed by atoms with Crippen molar-refractivity contribution in [2.75, 3.05) is 0 Å². The van der Waals surface area contributed by atoms with Crippen LogP contribution in [0, 0.1) is 5.92 Å². The Bertz CT molecular complexity index is 223. The normalized spacial score (nSPS) is 27.8. The van der Waals surface area contributed by atoms with Crippen LogP contribution in [0.4, 0.5) is 0 Å². The predicted molar refractivity (Wildman–Crippen MR) is 63.8 cm³/mol. The molecular formula is C12H24N2O2. The van der Waals surface area contributed by atoms with Crippen molar-refractivity contribution in [3.8, 4) is 0 Å². The number of nitrogens with one attached hydrogen (secondary N) is 1. The molecule has 0 radical (unpaired) electrons. The molecule has 4 heteroatoms. The zero-order valence-electron chi connectivity index (χ0n) is 10.3. The van der Waals surface area contributed by atoms with Crippen LogP contribution in [-0.2, 0) is 4.79 Å². The van der Waals surface area contributed by atoms with Crippen LogP contribution in [0.25, 0.3) is 0 Å². The van der Waals surface area contributed by atoms with Gasteiger partial charge in [0.2, 0.25) is 5.91 Å². The number of hydrogen-bond donors (Lipinski definition) is 3. The molecule has 1 aliphatic rings. The van der Waals surface area contributed by atoms with Gasteiger partial charge in [0.05, 0.1) is 6.10 Å². The number of carbonyl (C=O) groups excluding carboxylic acids is 1. The van der Waals surface area contributed by atoms with Gasteiger partial charge in [-0.2, -0.15) is 0 Å². The summed E-state index contributed by atoms with van der Waals surface area (Å²) in [6.07, 6.45) is 3.57. The van der Waals surface area contributed by atoms with Crippen molar-refractivity contribution in [1.29, 1.82) is 0 Å². The quantitative estimate of drug-likeness (QED) is 0.665. The zero-order chi connectivity index (χ0) is 12.1. The van der Waals surface area contributed by atoms with Crippen LogP contribution in [0.3, 0.4) is 0 Å². The fourth-order valence-electron chi connectivity index (χ4n) is 1.96. The van der Waals surface area contributed by atoms with Gasteiger partial charge in [0.25, 0.3) is 0 Å². The third kappa shape index (κ3) is 4.49. The summed E-state index contributed by atoms with van der Waals surface area (Å²) in [4.78, 5) is 11.7. The highest BCUT2D eigenvalue weighted by Crippen LogP contribution is 2.18. The van der Waals surface area contributed by atoms with Crippen molar-refractivity contribution in [2.24, 2.45) is 11.7 Å². The maximum Gasteiger partial charge on any atom is 0.221 e. The molecular weight excluding hydrogens is 204 g/mol. The van der Waals surface area contributed by atoms with E-state index in [0.29, 0.717) is 12.3 Å². The molecule has 0 heterocycles. The number of amides is 1. The van der Waals surface area contributed by atoms with E-state index in [0.717, 1.165) is 25.7 Å². The number of aliphatic hydroxyl groups excluding tert-OH is 1. The number of carbonyl (C=O) groups is 1. The minimum Gasteiger partial charge on any atom is -0.393 e. The predicted octanol–water partition coefficient (Wildman–Crippen LogP) is 0.779. The summed E-state index contributed by atoms with van der Waals surface area (Å²) in [5.74, 6) is 0.376. The zero-order valence-corrected chi connectivity index (χ0v) is 10.3. The number of aliphatic hydroxyl groups is 1. The highest BCUT2D eigenvalue weighted by Gasteiger charge is 2.21. The second-order valence-electron chi connectivity index (χ2n) is 5.18. The maximum atomic E-state index is 11.7. The summed E-state index contributed by atoms with van der Waals surface area (Å²) < 4.78 is 0. The fourth-order valence-corrected chi connectivity index (χ4v) is 1.96. The van der Waals surface area contributed by atoms with E-state index in [1.807, 2.05) is 13.8 Å². The lowest BCUT2D eigenvalue weighted by atomic mass is 9.93. The summed E-state index contributed by atoms with van der Waals surface area (Å²) in [6.45, 7) is 4.05. The molecule has 94 valence electrons. The van der Waals surface area contributed by atoms with Crippen LogP contribution in [-0.4, -0.2) is 29.2 Å². The number of hydrogen-bond acceptors (Lipinski definition) is 3. The molecule has 1 fully saturated rings. The fraction of sp³-hybridized carbons (Fsp3) is 0.917. The van der Waals surface area contributed by atoms with E-state index in [1.54, 1.807) is 0 Å². The van der Waals surface area contributed by atoms with Gasteiger partial charge in [0.1, 0.15) is 0 Å². The number of rotatable bonds is 4. The summed E-state index contributed by atoms with van der Waals surface area (Å²) in [7, 11) is 0. The van der Waals surface area contributed by atoms with Crippen molar-refractivity contribution in [3.05, 3.63) is 0 Å². The molecule has 1 atom stereocenters. The van der Waals surface area contributed by atoms with Crippen molar-refractivity contribution >= 4 is 5.91 Å². The highest BCUT2D eigenvalue weighted by molar-refractivity contribution is 5.76. The second kappa shape index (κ2) is 6.21. The third-order valence-corrected chi connectivity index (χ3v) is 3.34. The Labute approximate surface area is 97.6 Å². The molecule has 1 unspecified atom stereocenters. The first-order valence-corrected chi connectivity index (χ1v) is 6.22. The standard InChI is InChI=1S/C12H24N2O2/c1-8(2)11(13)7-12(16)14-9-3-5-10(15)6-4-9/h8-11,15H,3-7,13H2,1-2H3,(H,14,16). The van der Waals surface area contributed by atoms with Gasteiger partial charge in [-0.25, -0.2) is 0 Å². The van der Waals surface area contributed by atoms with Crippen LogP contribution in [0.2, 0.25) is 0 Å². The van der Waals surface area contributed by atoms with Crippen LogP contribution >= 0.6 is 0 Å². The second-order valence-corrected chi connectivity index (χ2v) is 5.18. The van der Waals surface area contributed by atoms with Crippen LogP contribution in [0.15, 0.2) is 0 Å². The molecule has 1 rings (SSSR count). The van der Waals surface area contributed by atoms with Gasteiger partial charge < -0.3 is 16.2 Å². The Hall–Kier alpha value is -0.610. The van der Waals surface area contributed by atoms with E-state index in [1.165, 1.54) is 0 Å². The molecule has 1 aliphatic carbocycles. The van der Waals surface area contributed by atoms with Gasteiger partial charge in [0.15, 0.2) is 0 Å². The molecule has 0 saturated heterocycles. The van der Waals surface area contributed by atoms with Crippen molar-refractivity contribution in [1.82, 2.24) is 5.32 Å². The average molecular weight is 228 g/mol. The minimum absolute atomic E-state index is 0.0441. The van der Waals surface area contributed by atoms with Gasteiger partial charge in [-0.15, -0.1) is 0 Å². The monoisotopic (exact) mass is 228 g/mol. The summed E-state index contributed by atoms with van der Waals surface area (Å²) in [5.41, 5.74) is 5.84. The molecule has 4 nitrogen and oxygen atoms in total. The Balaban J connectivity index is 2.24. The molecule has 1 saturated carbocycles. The Kier molecular flexibility index (Phi) is 5.22. The molecule has 0 aromatic heterocycles. The van der Waals surface area contributed by atoms with Gasteiger partial charge >= 0.3 is 0 Å². The van der Waals surface area contributed by atoms with Crippen molar-refractivity contribution in [3.63, 3.8) is 0 Å². The lowest BCUT2D eigenvalue weighted by Crippen LogP contribution is -2.41. The maximum absolute atomic E-state index is 11.7. The van der Waals surface area contributed by atoms with E-state index in [2.05, 4.69) is 5.32 Å². The Morgan fingerprint density at radius 3 is 2.44 bits per heavy atom. The topological polar surface area (TPSA) is 75.4 Å². The van der Waals surface area contributed by atoms with Gasteiger partial charge in [-0.1, -0.05) is 13.8 Å². The Morgan fingerprint density at radius 2 is 1.94 bits per heavy atom. The van der Waals surface area contributed by atoms with Crippen LogP contribution in [0.5, 0.6) is 0 Å². The molecule has 0 spiro atoms. The molecule has 0 aromatic rings. The molecule has 1 amide bonds. The largest absolute Gasteiger partial charge is 0.393 e. The average Bonchev–Trinajstić information content (AvgIpc) is 2.21. The van der Waals surface area contributed by atoms with Crippen molar-refractivity contribution in [2.45, 2.75) is 64.1 Å². The molecule has 0 aliphatic heterocycles. The van der Waals surface area contributed by atoms with Gasteiger partial charge in [0, 0.05) is 18.5 Å². The van der Waals surface area contributed by atoms with E-state index < -0.39 is 0 Å². The van der Waals surface area contributed by atoms with Crippen LogP contribution < -0.4 is 11.1 Å². The molecule has 0 bridgehead atoms. The third-order valence-electron chi connectivity index (χ3n) is 3.34. The number of nitrogens with two attached hydrogens (primary N) is 1. The summed E-state index contributed by atoms with van der Waals surface area (Å²) in [6, 6.07) is 0.171. The van der Waals surface area contributed by atoms with E-state index in [9.17, 15) is 9.90 Å².